The summed E-state index contributed by atoms with van der Waals surface area (Å²) < 4.78 is 19.0. The van der Waals surface area contributed by atoms with Gasteiger partial charge in [0.25, 0.3) is 5.91 Å². The van der Waals surface area contributed by atoms with Gasteiger partial charge in [-0.3, -0.25) is 4.79 Å². The molecule has 2 rings (SSSR count). The van der Waals surface area contributed by atoms with Crippen molar-refractivity contribution in [2.45, 2.75) is 6.04 Å². The number of nitrogens with zero attached hydrogens (tertiary/aromatic N) is 1. The van der Waals surface area contributed by atoms with Crippen molar-refractivity contribution in [3.05, 3.63) is 64.4 Å². The summed E-state index contributed by atoms with van der Waals surface area (Å²) in [4.78, 5) is 14.2. The smallest absolute Gasteiger partial charge is 0.255 e. The maximum absolute atomic E-state index is 13.8. The van der Waals surface area contributed by atoms with Gasteiger partial charge in [-0.1, -0.05) is 29.8 Å². The summed E-state index contributed by atoms with van der Waals surface area (Å²) in [5.74, 6) is -0.400. The Morgan fingerprint density at radius 1 is 1.25 bits per heavy atom. The molecule has 0 aromatic heterocycles. The minimum absolute atomic E-state index is 0.0644. The lowest BCUT2D eigenvalue weighted by Gasteiger charge is -2.25. The van der Waals surface area contributed by atoms with E-state index in [1.807, 2.05) is 43.3 Å². The van der Waals surface area contributed by atoms with Crippen LogP contribution in [-0.4, -0.2) is 38.6 Å². The summed E-state index contributed by atoms with van der Waals surface area (Å²) in [7, 11) is 5.44. The molecule has 0 radical (unpaired) electrons. The summed E-state index contributed by atoms with van der Waals surface area (Å²) >= 11 is 5.93. The lowest BCUT2D eigenvalue weighted by atomic mass is 10.1. The minimum atomic E-state index is -0.633. The Balaban J connectivity index is 2.12. The lowest BCUT2D eigenvalue weighted by molar-refractivity contribution is 0.0938. The van der Waals surface area contributed by atoms with E-state index in [0.717, 1.165) is 11.3 Å². The molecule has 0 aliphatic rings. The van der Waals surface area contributed by atoms with Crippen LogP contribution in [0.5, 0.6) is 5.75 Å². The summed E-state index contributed by atoms with van der Waals surface area (Å²) in [6, 6.07) is 11.7. The Labute approximate surface area is 146 Å². The molecule has 1 atom stereocenters. The molecule has 1 N–H and O–H groups in total. The first-order valence-electron chi connectivity index (χ1n) is 7.46. The monoisotopic (exact) mass is 350 g/mol. The van der Waals surface area contributed by atoms with Crippen LogP contribution in [0.25, 0.3) is 0 Å². The molecule has 1 amide bonds. The zero-order valence-electron chi connectivity index (χ0n) is 13.8. The molecular weight excluding hydrogens is 331 g/mol. The Hall–Kier alpha value is -2.11. The number of rotatable bonds is 6. The molecule has 0 saturated heterocycles. The molecule has 1 unspecified atom stereocenters. The van der Waals surface area contributed by atoms with E-state index in [1.165, 1.54) is 18.2 Å². The van der Waals surface area contributed by atoms with Crippen LogP contribution in [-0.2, 0) is 0 Å². The van der Waals surface area contributed by atoms with Gasteiger partial charge in [-0.25, -0.2) is 4.39 Å². The number of hydrogen-bond acceptors (Lipinski definition) is 3. The predicted molar refractivity (Wildman–Crippen MR) is 93.2 cm³/mol. The van der Waals surface area contributed by atoms with Crippen molar-refractivity contribution in [2.24, 2.45) is 0 Å². The highest BCUT2D eigenvalue weighted by Gasteiger charge is 2.19. The molecule has 2 aromatic rings. The summed E-state index contributed by atoms with van der Waals surface area (Å²) in [5.41, 5.74) is 0.882. The number of nitrogens with one attached hydrogen (secondary N) is 1. The van der Waals surface area contributed by atoms with E-state index in [2.05, 4.69) is 5.32 Å². The highest BCUT2D eigenvalue weighted by Crippen LogP contribution is 2.22. The van der Waals surface area contributed by atoms with Crippen LogP contribution in [0.3, 0.4) is 0 Å². The van der Waals surface area contributed by atoms with Gasteiger partial charge in [0.1, 0.15) is 11.6 Å². The van der Waals surface area contributed by atoms with E-state index in [4.69, 9.17) is 16.3 Å². The molecule has 0 bridgehead atoms. The van der Waals surface area contributed by atoms with E-state index in [0.29, 0.717) is 6.54 Å². The van der Waals surface area contributed by atoms with E-state index in [-0.39, 0.29) is 16.6 Å². The van der Waals surface area contributed by atoms with E-state index in [1.54, 1.807) is 7.11 Å². The minimum Gasteiger partial charge on any atom is -0.497 e. The van der Waals surface area contributed by atoms with Gasteiger partial charge in [0.15, 0.2) is 0 Å². The number of ether oxygens (including phenoxy) is 1. The van der Waals surface area contributed by atoms with Gasteiger partial charge in [-0.2, -0.15) is 0 Å². The van der Waals surface area contributed by atoms with Gasteiger partial charge < -0.3 is 15.0 Å². The zero-order valence-corrected chi connectivity index (χ0v) is 14.6. The molecule has 0 heterocycles. The number of likely N-dealkylation sites (N-methyl/N-ethyl adjacent to an activating group) is 1. The van der Waals surface area contributed by atoms with Crippen molar-refractivity contribution >= 4 is 17.5 Å². The number of amides is 1. The third-order valence-electron chi connectivity index (χ3n) is 3.77. The van der Waals surface area contributed by atoms with Gasteiger partial charge in [0.05, 0.1) is 23.7 Å². The second-order valence-electron chi connectivity index (χ2n) is 5.56. The number of halogens is 2. The second-order valence-corrected chi connectivity index (χ2v) is 5.97. The topological polar surface area (TPSA) is 41.6 Å². The fourth-order valence-electron chi connectivity index (χ4n) is 2.42. The highest BCUT2D eigenvalue weighted by atomic mass is 35.5. The Kier molecular flexibility index (Phi) is 6.17. The molecule has 128 valence electrons. The SMILES string of the molecule is COc1ccc(C(CNC(=O)c2c(F)cccc2Cl)N(C)C)cc1. The summed E-state index contributed by atoms with van der Waals surface area (Å²) in [5, 5.41) is 2.85. The molecule has 6 heteroatoms. The third kappa shape index (κ3) is 4.24. The van der Waals surface area contributed by atoms with Crippen molar-refractivity contribution < 1.29 is 13.9 Å². The highest BCUT2D eigenvalue weighted by molar-refractivity contribution is 6.33. The Morgan fingerprint density at radius 3 is 2.46 bits per heavy atom. The molecule has 4 nitrogen and oxygen atoms in total. The first kappa shape index (κ1) is 18.2. The van der Waals surface area contributed by atoms with Gasteiger partial charge in [-0.15, -0.1) is 0 Å². The van der Waals surface area contributed by atoms with Gasteiger partial charge in [0, 0.05) is 6.54 Å². The van der Waals surface area contributed by atoms with Gasteiger partial charge in [-0.05, 0) is 43.9 Å². The number of hydrogen-bond donors (Lipinski definition) is 1. The second kappa shape index (κ2) is 8.13. The fourth-order valence-corrected chi connectivity index (χ4v) is 2.67. The quantitative estimate of drug-likeness (QED) is 0.866. The molecular formula is C18H20ClFN2O2. The van der Waals surface area contributed by atoms with E-state index >= 15 is 0 Å². The van der Waals surface area contributed by atoms with Crippen molar-refractivity contribution in [1.82, 2.24) is 10.2 Å². The average Bonchev–Trinajstić information content (AvgIpc) is 2.55. The first-order valence-corrected chi connectivity index (χ1v) is 7.84. The molecule has 24 heavy (non-hydrogen) atoms. The van der Waals surface area contributed by atoms with Crippen molar-refractivity contribution in [2.75, 3.05) is 27.7 Å². The van der Waals surface area contributed by atoms with Gasteiger partial charge >= 0.3 is 0 Å². The van der Waals surface area contributed by atoms with Gasteiger partial charge in [0.2, 0.25) is 0 Å². The molecule has 0 aliphatic heterocycles. The van der Waals surface area contributed by atoms with Crippen molar-refractivity contribution in [1.29, 1.82) is 0 Å². The number of carbonyl (C=O) groups is 1. The van der Waals surface area contributed by atoms with Crippen LogP contribution >= 0.6 is 11.6 Å². The van der Waals surface area contributed by atoms with Crippen molar-refractivity contribution in [3.63, 3.8) is 0 Å². The average molecular weight is 351 g/mol. The zero-order chi connectivity index (χ0) is 17.7. The standard InChI is InChI=1S/C18H20ClFN2O2/c1-22(2)16(12-7-9-13(24-3)10-8-12)11-21-18(23)17-14(19)5-4-6-15(17)20/h4-10,16H,11H2,1-3H3,(H,21,23). The van der Waals surface area contributed by atoms with E-state index in [9.17, 15) is 9.18 Å². The number of carbonyl (C=O) groups excluding carboxylic acids is 1. The molecule has 2 aromatic carbocycles. The normalized spacial score (nSPS) is 12.1. The molecule has 0 aliphatic carbocycles. The first-order chi connectivity index (χ1) is 11.4. The van der Waals surface area contributed by atoms with Crippen LogP contribution in [0.1, 0.15) is 22.0 Å². The summed E-state index contributed by atoms with van der Waals surface area (Å²) in [6.07, 6.45) is 0. The molecule has 0 fully saturated rings. The van der Waals surface area contributed by atoms with E-state index < -0.39 is 11.7 Å². The Morgan fingerprint density at radius 2 is 1.92 bits per heavy atom. The van der Waals surface area contributed by atoms with Crippen LogP contribution in [0.15, 0.2) is 42.5 Å². The predicted octanol–water partition coefficient (Wildman–Crippen LogP) is 3.52. The number of benzene rings is 2. The number of methoxy groups -OCH3 is 1. The molecule has 0 spiro atoms. The third-order valence-corrected chi connectivity index (χ3v) is 4.08. The van der Waals surface area contributed by atoms with Crippen LogP contribution in [0.2, 0.25) is 5.02 Å². The van der Waals surface area contributed by atoms with Crippen LogP contribution < -0.4 is 10.1 Å². The fraction of sp³-hybridized carbons (Fsp3) is 0.278. The maximum Gasteiger partial charge on any atom is 0.255 e. The van der Waals surface area contributed by atoms with Crippen LogP contribution in [0, 0.1) is 5.82 Å². The van der Waals surface area contributed by atoms with Crippen LogP contribution in [0.4, 0.5) is 4.39 Å². The summed E-state index contributed by atoms with van der Waals surface area (Å²) in [6.45, 7) is 0.322. The van der Waals surface area contributed by atoms with Crippen molar-refractivity contribution in [3.8, 4) is 5.75 Å². The molecule has 0 saturated carbocycles. The largest absolute Gasteiger partial charge is 0.497 e. The Bertz CT molecular complexity index is 684. The lowest BCUT2D eigenvalue weighted by Crippen LogP contribution is -2.35. The maximum atomic E-state index is 13.8.